The molecule has 4 heteroatoms. The molecule has 4 nitrogen and oxygen atoms in total. The number of hydrogen-bond acceptors (Lipinski definition) is 1. The first-order valence-electron chi connectivity index (χ1n) is 3.76. The number of azide groups is 1. The second-order valence-electron chi connectivity index (χ2n) is 2.72. The summed E-state index contributed by atoms with van der Waals surface area (Å²) in [6.45, 7) is 3.10. The van der Waals surface area contributed by atoms with Gasteiger partial charge in [0.25, 0.3) is 0 Å². The summed E-state index contributed by atoms with van der Waals surface area (Å²) in [5.41, 5.74) is 8.05. The van der Waals surface area contributed by atoms with Crippen molar-refractivity contribution in [1.82, 2.24) is 0 Å². The van der Waals surface area contributed by atoms with Crippen molar-refractivity contribution in [2.24, 2.45) is 11.0 Å². The largest absolute Gasteiger partial charge is 0.346 e. The molecule has 0 aliphatic carbocycles. The summed E-state index contributed by atoms with van der Waals surface area (Å²) in [6.07, 6.45) is 2.41. The van der Waals surface area contributed by atoms with Crippen LogP contribution in [0, 0.1) is 5.92 Å². The Hall–Kier alpha value is -0.730. The Kier molecular flexibility index (Phi) is 3.06. The number of nitrogens with two attached hydrogens (primary N) is 1. The molecule has 56 valence electrons. The van der Waals surface area contributed by atoms with Crippen molar-refractivity contribution < 1.29 is 5.32 Å². The molecule has 0 bridgehead atoms. The summed E-state index contributed by atoms with van der Waals surface area (Å²) in [4.78, 5) is 2.74. The summed E-state index contributed by atoms with van der Waals surface area (Å²) in [7, 11) is 0. The van der Waals surface area contributed by atoms with Gasteiger partial charge in [0, 0.05) is 11.5 Å². The normalized spacial score (nSPS) is 20.0. The zero-order chi connectivity index (χ0) is 7.23. The van der Waals surface area contributed by atoms with E-state index in [4.69, 9.17) is 5.53 Å². The lowest BCUT2D eigenvalue weighted by atomic mass is 9.99. The molecule has 2 N–H and O–H groups in total. The topological polar surface area (TPSA) is 65.4 Å². The Morgan fingerprint density at radius 1 is 1.50 bits per heavy atom. The number of piperidine rings is 1. The lowest BCUT2D eigenvalue weighted by molar-refractivity contribution is -0.664. The fourth-order valence-electron chi connectivity index (χ4n) is 1.33. The average Bonchev–Trinajstić information content (AvgIpc) is 2.03. The van der Waals surface area contributed by atoms with E-state index >= 15 is 0 Å². The van der Waals surface area contributed by atoms with Crippen LogP contribution in [0.2, 0.25) is 0 Å². The molecular weight excluding hydrogens is 128 g/mol. The van der Waals surface area contributed by atoms with Gasteiger partial charge in [-0.1, -0.05) is 5.11 Å². The van der Waals surface area contributed by atoms with Gasteiger partial charge in [-0.15, -0.1) is 0 Å². The Morgan fingerprint density at radius 2 is 2.20 bits per heavy atom. The van der Waals surface area contributed by atoms with Crippen LogP contribution in [0.5, 0.6) is 0 Å². The van der Waals surface area contributed by atoms with Crippen LogP contribution in [0.15, 0.2) is 5.11 Å². The van der Waals surface area contributed by atoms with Crippen LogP contribution in [0.3, 0.4) is 0 Å². The van der Waals surface area contributed by atoms with E-state index < -0.39 is 0 Å². The van der Waals surface area contributed by atoms with Crippen LogP contribution in [-0.2, 0) is 0 Å². The zero-order valence-electron chi connectivity index (χ0n) is 6.03. The van der Waals surface area contributed by atoms with Gasteiger partial charge in [0.05, 0.1) is 13.1 Å². The number of hydrogen-bond donors (Lipinski definition) is 1. The first-order chi connectivity index (χ1) is 4.93. The second-order valence-corrected chi connectivity index (χ2v) is 2.72. The maximum absolute atomic E-state index is 8.05. The third-order valence-electron chi connectivity index (χ3n) is 1.96. The fourth-order valence-corrected chi connectivity index (χ4v) is 1.33. The van der Waals surface area contributed by atoms with Gasteiger partial charge < -0.3 is 5.32 Å². The maximum Gasteiger partial charge on any atom is 0.0758 e. The molecule has 0 aromatic carbocycles. The molecule has 0 atom stereocenters. The van der Waals surface area contributed by atoms with Crippen LogP contribution in [0.1, 0.15) is 12.8 Å². The van der Waals surface area contributed by atoms with Gasteiger partial charge in [-0.05, 0) is 24.3 Å². The Bertz CT molecular complexity index is 133. The third-order valence-corrected chi connectivity index (χ3v) is 1.96. The van der Waals surface area contributed by atoms with E-state index in [1.54, 1.807) is 0 Å². The Labute approximate surface area is 60.2 Å². The SMILES string of the molecule is [N-]=[N+]=NCC1CC[NH2+]CC1. The van der Waals surface area contributed by atoms with Gasteiger partial charge in [-0.25, -0.2) is 0 Å². The van der Waals surface area contributed by atoms with E-state index in [0.717, 1.165) is 0 Å². The van der Waals surface area contributed by atoms with Gasteiger partial charge in [0.2, 0.25) is 0 Å². The zero-order valence-corrected chi connectivity index (χ0v) is 6.03. The van der Waals surface area contributed by atoms with Gasteiger partial charge in [-0.3, -0.25) is 0 Å². The van der Waals surface area contributed by atoms with E-state index in [1.165, 1.54) is 25.9 Å². The minimum atomic E-state index is 0.654. The van der Waals surface area contributed by atoms with Crippen LogP contribution >= 0.6 is 0 Å². The third kappa shape index (κ3) is 2.25. The molecule has 1 fully saturated rings. The highest BCUT2D eigenvalue weighted by atomic mass is 15.1. The summed E-state index contributed by atoms with van der Waals surface area (Å²) < 4.78 is 0. The van der Waals surface area contributed by atoms with Crippen molar-refractivity contribution in [2.45, 2.75) is 12.8 Å². The second kappa shape index (κ2) is 4.14. The van der Waals surface area contributed by atoms with E-state index in [9.17, 15) is 0 Å². The Morgan fingerprint density at radius 3 is 2.80 bits per heavy atom. The highest BCUT2D eigenvalue weighted by molar-refractivity contribution is 4.63. The van der Waals surface area contributed by atoms with Crippen molar-refractivity contribution in [1.29, 1.82) is 0 Å². The molecule has 0 aromatic rings. The predicted octanol–water partition coefficient (Wildman–Crippen LogP) is 0.270. The Balaban J connectivity index is 2.19. The first-order valence-corrected chi connectivity index (χ1v) is 3.76. The number of quaternary nitrogens is 1. The average molecular weight is 141 g/mol. The molecule has 0 radical (unpaired) electrons. The quantitative estimate of drug-likeness (QED) is 0.326. The fraction of sp³-hybridized carbons (Fsp3) is 1.00. The molecule has 0 unspecified atom stereocenters. The van der Waals surface area contributed by atoms with E-state index in [1.807, 2.05) is 0 Å². The highest BCUT2D eigenvalue weighted by Crippen LogP contribution is 2.08. The molecule has 0 aromatic heterocycles. The smallest absolute Gasteiger partial charge is 0.0758 e. The van der Waals surface area contributed by atoms with Crippen molar-refractivity contribution in [2.75, 3.05) is 19.6 Å². The molecular formula is C6H13N4+. The predicted molar refractivity (Wildman–Crippen MR) is 38.4 cm³/mol. The number of rotatable bonds is 2. The van der Waals surface area contributed by atoms with Crippen molar-refractivity contribution in [3.8, 4) is 0 Å². The molecule has 1 saturated heterocycles. The van der Waals surface area contributed by atoms with Gasteiger partial charge in [-0.2, -0.15) is 0 Å². The molecule has 1 aliphatic rings. The molecule has 0 saturated carbocycles. The first kappa shape index (κ1) is 7.38. The van der Waals surface area contributed by atoms with Gasteiger partial charge in [0.1, 0.15) is 0 Å². The van der Waals surface area contributed by atoms with E-state index in [-0.39, 0.29) is 0 Å². The monoisotopic (exact) mass is 141 g/mol. The van der Waals surface area contributed by atoms with Crippen LogP contribution in [0.4, 0.5) is 0 Å². The molecule has 1 heterocycles. The lowest BCUT2D eigenvalue weighted by Crippen LogP contribution is -2.86. The summed E-state index contributed by atoms with van der Waals surface area (Å²) in [5.74, 6) is 0.654. The minimum absolute atomic E-state index is 0.654. The van der Waals surface area contributed by atoms with E-state index in [0.29, 0.717) is 12.5 Å². The summed E-state index contributed by atoms with van der Waals surface area (Å²) in [6, 6.07) is 0. The van der Waals surface area contributed by atoms with Crippen LogP contribution in [-0.4, -0.2) is 19.6 Å². The molecule has 0 spiro atoms. The van der Waals surface area contributed by atoms with Crippen molar-refractivity contribution in [3.05, 3.63) is 10.4 Å². The van der Waals surface area contributed by atoms with Crippen molar-refractivity contribution >= 4 is 0 Å². The summed E-state index contributed by atoms with van der Waals surface area (Å²) >= 11 is 0. The van der Waals surface area contributed by atoms with Crippen LogP contribution in [0.25, 0.3) is 10.4 Å². The van der Waals surface area contributed by atoms with Crippen LogP contribution < -0.4 is 5.32 Å². The molecule has 1 aliphatic heterocycles. The number of nitrogens with zero attached hydrogens (tertiary/aromatic N) is 3. The summed E-state index contributed by atoms with van der Waals surface area (Å²) in [5, 5.41) is 5.87. The maximum atomic E-state index is 8.05. The highest BCUT2D eigenvalue weighted by Gasteiger charge is 2.13. The van der Waals surface area contributed by atoms with Gasteiger partial charge >= 0.3 is 0 Å². The van der Waals surface area contributed by atoms with E-state index in [2.05, 4.69) is 15.3 Å². The standard InChI is InChI=1S/C6H12N4/c7-10-9-5-6-1-3-8-4-2-6/h6,8H,1-5H2/p+1. The molecule has 10 heavy (non-hydrogen) atoms. The minimum Gasteiger partial charge on any atom is -0.346 e. The molecule has 1 rings (SSSR count). The van der Waals surface area contributed by atoms with Gasteiger partial charge in [0.15, 0.2) is 0 Å². The van der Waals surface area contributed by atoms with Crippen molar-refractivity contribution in [3.63, 3.8) is 0 Å². The lowest BCUT2D eigenvalue weighted by Gasteiger charge is -2.17. The molecule has 0 amide bonds.